The highest BCUT2D eigenvalue weighted by molar-refractivity contribution is 6.00. The first-order valence-electron chi connectivity index (χ1n) is 13.7. The Hall–Kier alpha value is -2.89. The minimum absolute atomic E-state index is 0.185. The highest BCUT2D eigenvalue weighted by atomic mass is 16.5. The van der Waals surface area contributed by atoms with E-state index in [0.29, 0.717) is 12.2 Å². The van der Waals surface area contributed by atoms with Crippen molar-refractivity contribution < 1.29 is 9.53 Å². The molecule has 35 heavy (non-hydrogen) atoms. The summed E-state index contributed by atoms with van der Waals surface area (Å²) in [6.07, 6.45) is 14.7. The molecule has 6 heteroatoms. The van der Waals surface area contributed by atoms with Crippen molar-refractivity contribution in [2.75, 3.05) is 0 Å². The van der Waals surface area contributed by atoms with E-state index in [4.69, 9.17) is 14.7 Å². The lowest BCUT2D eigenvalue weighted by Gasteiger charge is -2.09. The predicted octanol–water partition coefficient (Wildman–Crippen LogP) is 7.64. The van der Waals surface area contributed by atoms with Crippen molar-refractivity contribution in [3.8, 4) is 5.75 Å². The van der Waals surface area contributed by atoms with Gasteiger partial charge in [0.2, 0.25) is 0 Å². The van der Waals surface area contributed by atoms with Crippen LogP contribution in [-0.4, -0.2) is 24.9 Å². The number of nitrogens with zero attached hydrogens (tertiary/aromatic N) is 4. The van der Waals surface area contributed by atoms with Crippen molar-refractivity contribution in [2.45, 2.75) is 104 Å². The van der Waals surface area contributed by atoms with Gasteiger partial charge in [-0.2, -0.15) is 0 Å². The van der Waals surface area contributed by atoms with E-state index in [2.05, 4.69) is 35.8 Å². The van der Waals surface area contributed by atoms with Crippen LogP contribution in [0, 0.1) is 0 Å². The lowest BCUT2D eigenvalue weighted by molar-refractivity contribution is -0.134. The van der Waals surface area contributed by atoms with Gasteiger partial charge in [-0.25, -0.2) is 9.97 Å². The van der Waals surface area contributed by atoms with Gasteiger partial charge in [0.1, 0.15) is 16.9 Å². The van der Waals surface area contributed by atoms with Crippen LogP contribution in [0.4, 0.5) is 0 Å². The van der Waals surface area contributed by atoms with Crippen LogP contribution in [-0.2, 0) is 17.8 Å². The molecule has 0 aliphatic carbocycles. The Balaban J connectivity index is 1.79. The summed E-state index contributed by atoms with van der Waals surface area (Å²) < 4.78 is 10.3. The fourth-order valence-electron chi connectivity index (χ4n) is 4.79. The molecular formula is C29H40N4O2. The summed E-state index contributed by atoms with van der Waals surface area (Å²) in [5.41, 5.74) is 3.70. The highest BCUT2D eigenvalue weighted by Gasteiger charge is 2.22. The number of aryl methyl sites for hydroxylation is 2. The number of rotatable bonds is 14. The molecule has 0 aliphatic heterocycles. The summed E-state index contributed by atoms with van der Waals surface area (Å²) in [7, 11) is 0. The van der Waals surface area contributed by atoms with Crippen molar-refractivity contribution in [1.29, 1.82) is 0 Å². The van der Waals surface area contributed by atoms with Gasteiger partial charge in [-0.3, -0.25) is 9.20 Å². The van der Waals surface area contributed by atoms with E-state index in [-0.39, 0.29) is 5.97 Å². The summed E-state index contributed by atoms with van der Waals surface area (Å²) in [6, 6.07) is 8.19. The number of esters is 1. The zero-order chi connectivity index (χ0) is 24.6. The molecule has 0 saturated heterocycles. The summed E-state index contributed by atoms with van der Waals surface area (Å²) in [5.74, 6) is 1.42. The Morgan fingerprint density at radius 1 is 0.857 bits per heavy atom. The maximum absolute atomic E-state index is 12.6. The number of carbonyl (C=O) groups excluding carboxylic acids is 1. The number of hydrogen-bond donors (Lipinski definition) is 0. The molecule has 3 heterocycles. The maximum atomic E-state index is 12.6. The molecule has 0 unspecified atom stereocenters. The first-order chi connectivity index (χ1) is 17.2. The average Bonchev–Trinajstić information content (AvgIpc) is 3.41. The molecule has 0 radical (unpaired) electrons. The number of aromatic nitrogens is 4. The molecule has 4 aromatic rings. The normalized spacial score (nSPS) is 11.7. The Morgan fingerprint density at radius 3 is 2.40 bits per heavy atom. The van der Waals surface area contributed by atoms with Crippen LogP contribution in [0.1, 0.15) is 97.2 Å². The quantitative estimate of drug-likeness (QED) is 0.139. The SMILES string of the molecule is CCCCCCCCn1cc(OC(=O)CCCC)c2c1nc(CCCC)n1c3ccccc3nc21. The van der Waals surface area contributed by atoms with Crippen molar-refractivity contribution in [3.05, 3.63) is 36.3 Å². The molecule has 0 N–H and O–H groups in total. The van der Waals surface area contributed by atoms with Crippen LogP contribution in [0.3, 0.4) is 0 Å². The fraction of sp³-hybridized carbons (Fsp3) is 0.552. The van der Waals surface area contributed by atoms with E-state index in [1.54, 1.807) is 0 Å². The van der Waals surface area contributed by atoms with Gasteiger partial charge in [0.15, 0.2) is 11.4 Å². The number of ether oxygens (including phenoxy) is 1. The number of benzene rings is 1. The van der Waals surface area contributed by atoms with Crippen LogP contribution in [0.5, 0.6) is 5.75 Å². The molecule has 0 saturated carbocycles. The van der Waals surface area contributed by atoms with Crippen molar-refractivity contribution >= 4 is 33.7 Å². The lowest BCUT2D eigenvalue weighted by Crippen LogP contribution is -2.07. The molecule has 0 fully saturated rings. The number of imidazole rings is 1. The molecule has 188 valence electrons. The van der Waals surface area contributed by atoms with E-state index in [9.17, 15) is 4.79 Å². The molecule has 0 spiro atoms. The number of carbonyl (C=O) groups is 1. The molecular weight excluding hydrogens is 436 g/mol. The molecule has 0 aliphatic rings. The van der Waals surface area contributed by atoms with Gasteiger partial charge in [-0.1, -0.05) is 77.8 Å². The minimum atomic E-state index is -0.185. The number of unbranched alkanes of at least 4 members (excludes halogenated alkanes) is 7. The van der Waals surface area contributed by atoms with E-state index in [1.165, 1.54) is 32.1 Å². The van der Waals surface area contributed by atoms with Crippen molar-refractivity contribution in [2.24, 2.45) is 0 Å². The third-order valence-electron chi connectivity index (χ3n) is 6.76. The van der Waals surface area contributed by atoms with E-state index >= 15 is 0 Å². The van der Waals surface area contributed by atoms with Crippen LogP contribution >= 0.6 is 0 Å². The maximum Gasteiger partial charge on any atom is 0.311 e. The fourth-order valence-corrected chi connectivity index (χ4v) is 4.79. The van der Waals surface area contributed by atoms with Gasteiger partial charge in [0.25, 0.3) is 0 Å². The second kappa shape index (κ2) is 12.2. The molecule has 4 rings (SSSR count). The smallest absolute Gasteiger partial charge is 0.311 e. The third-order valence-corrected chi connectivity index (χ3v) is 6.76. The molecule has 0 atom stereocenters. The average molecular weight is 477 g/mol. The van der Waals surface area contributed by atoms with Gasteiger partial charge >= 0.3 is 5.97 Å². The second-order valence-electron chi connectivity index (χ2n) is 9.62. The van der Waals surface area contributed by atoms with Crippen LogP contribution in [0.2, 0.25) is 0 Å². The molecule has 1 aromatic carbocycles. The molecule has 0 amide bonds. The zero-order valence-electron chi connectivity index (χ0n) is 21.7. The van der Waals surface area contributed by atoms with Gasteiger partial charge in [-0.05, 0) is 31.4 Å². The van der Waals surface area contributed by atoms with Crippen LogP contribution in [0.15, 0.2) is 30.5 Å². The predicted molar refractivity (Wildman–Crippen MR) is 143 cm³/mol. The summed E-state index contributed by atoms with van der Waals surface area (Å²) >= 11 is 0. The summed E-state index contributed by atoms with van der Waals surface area (Å²) in [6.45, 7) is 7.40. The van der Waals surface area contributed by atoms with Crippen LogP contribution < -0.4 is 4.74 Å². The Morgan fingerprint density at radius 2 is 1.60 bits per heavy atom. The van der Waals surface area contributed by atoms with Crippen molar-refractivity contribution in [1.82, 2.24) is 18.9 Å². The molecule has 6 nitrogen and oxygen atoms in total. The van der Waals surface area contributed by atoms with E-state index in [1.807, 2.05) is 24.4 Å². The van der Waals surface area contributed by atoms with Gasteiger partial charge in [0, 0.05) is 25.6 Å². The van der Waals surface area contributed by atoms with Gasteiger partial charge in [-0.15, -0.1) is 0 Å². The standard InChI is InChI=1S/C29H40N4O2/c1-4-7-10-11-12-15-20-32-21-24(35-26(34)19-9-6-3)27-28(32)31-25(18-8-5-2)33-23-17-14-13-16-22(23)30-29(27)33/h13-14,16-17,21H,4-12,15,18-20H2,1-3H3. The second-order valence-corrected chi connectivity index (χ2v) is 9.62. The zero-order valence-corrected chi connectivity index (χ0v) is 21.7. The first kappa shape index (κ1) is 25.2. The summed E-state index contributed by atoms with van der Waals surface area (Å²) in [4.78, 5) is 22.8. The highest BCUT2D eigenvalue weighted by Crippen LogP contribution is 2.34. The van der Waals surface area contributed by atoms with Crippen LogP contribution in [0.25, 0.3) is 27.7 Å². The first-order valence-corrected chi connectivity index (χ1v) is 13.7. The lowest BCUT2D eigenvalue weighted by atomic mass is 10.1. The molecule has 0 bridgehead atoms. The van der Waals surface area contributed by atoms with Gasteiger partial charge < -0.3 is 9.30 Å². The Kier molecular flexibility index (Phi) is 8.78. The Bertz CT molecular complexity index is 1270. The monoisotopic (exact) mass is 476 g/mol. The van der Waals surface area contributed by atoms with Gasteiger partial charge in [0.05, 0.1) is 11.0 Å². The number of fused-ring (bicyclic) bond motifs is 5. The number of para-hydroxylation sites is 2. The van der Waals surface area contributed by atoms with E-state index < -0.39 is 0 Å². The number of hydrogen-bond acceptors (Lipinski definition) is 4. The molecule has 3 aromatic heterocycles. The van der Waals surface area contributed by atoms with Crippen molar-refractivity contribution in [3.63, 3.8) is 0 Å². The summed E-state index contributed by atoms with van der Waals surface area (Å²) in [5, 5.41) is 0.845. The topological polar surface area (TPSA) is 61.4 Å². The minimum Gasteiger partial charge on any atom is -0.424 e. The third kappa shape index (κ3) is 5.68. The Labute approximate surface area is 208 Å². The van der Waals surface area contributed by atoms with E-state index in [0.717, 1.165) is 78.6 Å². The largest absolute Gasteiger partial charge is 0.424 e.